The van der Waals surface area contributed by atoms with Gasteiger partial charge in [-0.3, -0.25) is 0 Å². The van der Waals surface area contributed by atoms with Gasteiger partial charge < -0.3 is 16.9 Å². The first-order chi connectivity index (χ1) is 6.79. The van der Waals surface area contributed by atoms with E-state index in [1.54, 1.807) is 0 Å². The van der Waals surface area contributed by atoms with E-state index in [1.165, 1.54) is 6.26 Å². The fourth-order valence-electron chi connectivity index (χ4n) is 2.80. The Morgan fingerprint density at radius 2 is 1.69 bits per heavy atom. The Morgan fingerprint density at radius 3 is 2.06 bits per heavy atom. The lowest BCUT2D eigenvalue weighted by atomic mass is 9.96. The van der Waals surface area contributed by atoms with Crippen LogP contribution in [0.2, 0.25) is 0 Å². The van der Waals surface area contributed by atoms with Crippen LogP contribution in [0.15, 0.2) is 0 Å². The van der Waals surface area contributed by atoms with Gasteiger partial charge in [0.2, 0.25) is 0 Å². The molecule has 0 spiro atoms. The van der Waals surface area contributed by atoms with Crippen LogP contribution in [0, 0.1) is 11.8 Å². The molecule has 1 aliphatic heterocycles. The Balaban J connectivity index is 0.00000225. The topological polar surface area (TPSA) is 34.1 Å². The lowest BCUT2D eigenvalue weighted by molar-refractivity contribution is -0.898. The molecule has 0 aromatic heterocycles. The zero-order valence-electron chi connectivity index (χ0n) is 10.7. The molecule has 0 aliphatic carbocycles. The average Bonchev–Trinajstić information content (AvgIpc) is 2.41. The van der Waals surface area contributed by atoms with Gasteiger partial charge in [0.05, 0.1) is 32.4 Å². The molecule has 0 saturated carbocycles. The molecule has 3 nitrogen and oxygen atoms in total. The summed E-state index contributed by atoms with van der Waals surface area (Å²) in [6.07, 6.45) is 2.46. The molecular weight excluding hydrogens is 246 g/mol. The lowest BCUT2D eigenvalue weighted by Crippen LogP contribution is -3.00. The SMILES string of the molecule is CCC1C[N+](C)(CC)CC1CS(C)(=O)=O.[Cl-]. The summed E-state index contributed by atoms with van der Waals surface area (Å²) in [5, 5.41) is 0. The maximum Gasteiger partial charge on any atom is 0.147 e. The zero-order chi connectivity index (χ0) is 11.7. The Labute approximate surface area is 106 Å². The molecule has 0 aromatic rings. The second-order valence-corrected chi connectivity index (χ2v) is 7.51. The molecule has 16 heavy (non-hydrogen) atoms. The van der Waals surface area contributed by atoms with Crippen molar-refractivity contribution < 1.29 is 25.3 Å². The van der Waals surface area contributed by atoms with Crippen molar-refractivity contribution in [2.24, 2.45) is 11.8 Å². The molecule has 5 heteroatoms. The number of hydrogen-bond acceptors (Lipinski definition) is 2. The highest BCUT2D eigenvalue weighted by Crippen LogP contribution is 2.31. The first kappa shape index (κ1) is 16.2. The van der Waals surface area contributed by atoms with Gasteiger partial charge in [-0.1, -0.05) is 6.92 Å². The number of rotatable bonds is 4. The summed E-state index contributed by atoms with van der Waals surface area (Å²) in [6.45, 7) is 7.65. The third-order valence-electron chi connectivity index (χ3n) is 3.82. The van der Waals surface area contributed by atoms with E-state index in [0.29, 0.717) is 17.6 Å². The smallest absolute Gasteiger partial charge is 0.147 e. The summed E-state index contributed by atoms with van der Waals surface area (Å²) in [4.78, 5) is 0. The van der Waals surface area contributed by atoms with Crippen molar-refractivity contribution in [3.05, 3.63) is 0 Å². The van der Waals surface area contributed by atoms with Crippen molar-refractivity contribution in [1.29, 1.82) is 0 Å². The normalized spacial score (nSPS) is 34.8. The van der Waals surface area contributed by atoms with Gasteiger partial charge in [-0.25, -0.2) is 8.42 Å². The Morgan fingerprint density at radius 1 is 1.19 bits per heavy atom. The van der Waals surface area contributed by atoms with Gasteiger partial charge in [-0.15, -0.1) is 0 Å². The maximum absolute atomic E-state index is 11.3. The molecule has 1 saturated heterocycles. The summed E-state index contributed by atoms with van der Waals surface area (Å²) in [7, 11) is -0.578. The molecule has 1 aliphatic rings. The van der Waals surface area contributed by atoms with E-state index in [0.717, 1.165) is 30.5 Å². The van der Waals surface area contributed by atoms with E-state index >= 15 is 0 Å². The van der Waals surface area contributed by atoms with Gasteiger partial charge in [-0.05, 0) is 13.3 Å². The van der Waals surface area contributed by atoms with Crippen LogP contribution < -0.4 is 12.4 Å². The number of sulfone groups is 1. The zero-order valence-corrected chi connectivity index (χ0v) is 12.3. The van der Waals surface area contributed by atoms with E-state index in [4.69, 9.17) is 0 Å². The summed E-state index contributed by atoms with van der Waals surface area (Å²) < 4.78 is 23.7. The number of likely N-dealkylation sites (tertiary alicyclic amines) is 1. The molecular formula is C11H24ClNO2S. The first-order valence-electron chi connectivity index (χ1n) is 5.81. The molecule has 0 N–H and O–H groups in total. The highest BCUT2D eigenvalue weighted by Gasteiger charge is 2.41. The van der Waals surface area contributed by atoms with Crippen LogP contribution in [-0.4, -0.2) is 51.6 Å². The van der Waals surface area contributed by atoms with Crippen molar-refractivity contribution >= 4 is 9.84 Å². The number of nitrogens with zero attached hydrogens (tertiary/aromatic N) is 1. The van der Waals surface area contributed by atoms with Gasteiger partial charge >= 0.3 is 0 Å². The van der Waals surface area contributed by atoms with Gasteiger partial charge in [-0.2, -0.15) is 0 Å². The molecule has 0 aromatic carbocycles. The summed E-state index contributed by atoms with van der Waals surface area (Å²) in [5.74, 6) is 1.33. The molecule has 1 fully saturated rings. The number of quaternary nitrogens is 1. The van der Waals surface area contributed by atoms with Crippen LogP contribution in [0.3, 0.4) is 0 Å². The average molecular weight is 270 g/mol. The summed E-state index contributed by atoms with van der Waals surface area (Å²) >= 11 is 0. The van der Waals surface area contributed by atoms with Crippen LogP contribution >= 0.6 is 0 Å². The first-order valence-corrected chi connectivity index (χ1v) is 7.87. The largest absolute Gasteiger partial charge is 1.00 e. The van der Waals surface area contributed by atoms with Crippen LogP contribution in [-0.2, 0) is 9.84 Å². The summed E-state index contributed by atoms with van der Waals surface area (Å²) in [5.41, 5.74) is 0. The van der Waals surface area contributed by atoms with Gasteiger partial charge in [0.25, 0.3) is 0 Å². The maximum atomic E-state index is 11.3. The van der Waals surface area contributed by atoms with Crippen molar-refractivity contribution in [2.45, 2.75) is 20.3 Å². The van der Waals surface area contributed by atoms with Crippen LogP contribution in [0.1, 0.15) is 20.3 Å². The molecule has 3 atom stereocenters. The van der Waals surface area contributed by atoms with Crippen LogP contribution in [0.5, 0.6) is 0 Å². The van der Waals surface area contributed by atoms with E-state index < -0.39 is 9.84 Å². The Hall–Kier alpha value is 0.200. The van der Waals surface area contributed by atoms with Crippen molar-refractivity contribution in [3.8, 4) is 0 Å². The van der Waals surface area contributed by atoms with E-state index in [2.05, 4.69) is 20.9 Å². The predicted octanol–water partition coefficient (Wildman–Crippen LogP) is -1.84. The monoisotopic (exact) mass is 269 g/mol. The van der Waals surface area contributed by atoms with E-state index in [1.807, 2.05) is 0 Å². The van der Waals surface area contributed by atoms with E-state index in [9.17, 15) is 8.42 Å². The minimum Gasteiger partial charge on any atom is -1.00 e. The van der Waals surface area contributed by atoms with Gasteiger partial charge in [0.1, 0.15) is 9.84 Å². The fourth-order valence-corrected chi connectivity index (χ4v) is 3.96. The minimum absolute atomic E-state index is 0. The second-order valence-electron chi connectivity index (χ2n) is 5.32. The quantitative estimate of drug-likeness (QED) is 0.562. The fraction of sp³-hybridized carbons (Fsp3) is 1.00. The minimum atomic E-state index is -2.82. The third-order valence-corrected chi connectivity index (χ3v) is 4.86. The Kier molecular flexibility index (Phi) is 5.77. The van der Waals surface area contributed by atoms with Crippen molar-refractivity contribution in [2.75, 3.05) is 38.7 Å². The van der Waals surface area contributed by atoms with Crippen LogP contribution in [0.25, 0.3) is 0 Å². The molecule has 0 bridgehead atoms. The standard InChI is InChI=1S/C11H24NO2S.ClH/c1-5-10-7-12(3,6-2)8-11(10)9-15(4,13)14;/h10-11H,5-9H2,1-4H3;1H/q+1;/p-1. The van der Waals surface area contributed by atoms with Crippen molar-refractivity contribution in [3.63, 3.8) is 0 Å². The Bertz CT molecular complexity index is 318. The van der Waals surface area contributed by atoms with Crippen molar-refractivity contribution in [1.82, 2.24) is 0 Å². The predicted molar refractivity (Wildman–Crippen MR) is 63.4 cm³/mol. The van der Waals surface area contributed by atoms with Crippen LogP contribution in [0.4, 0.5) is 0 Å². The molecule has 0 radical (unpaired) electrons. The molecule has 1 heterocycles. The lowest BCUT2D eigenvalue weighted by Gasteiger charge is -2.28. The molecule has 98 valence electrons. The van der Waals surface area contributed by atoms with Gasteiger partial charge in [0.15, 0.2) is 0 Å². The third kappa shape index (κ3) is 4.22. The molecule has 0 amide bonds. The summed E-state index contributed by atoms with van der Waals surface area (Å²) in [6, 6.07) is 0. The molecule has 1 rings (SSSR count). The number of hydrogen-bond donors (Lipinski definition) is 0. The highest BCUT2D eigenvalue weighted by molar-refractivity contribution is 7.90. The number of halogens is 1. The second kappa shape index (κ2) is 5.69. The van der Waals surface area contributed by atoms with Gasteiger partial charge in [0, 0.05) is 18.1 Å². The highest BCUT2D eigenvalue weighted by atomic mass is 35.5. The molecule has 3 unspecified atom stereocenters. The van der Waals surface area contributed by atoms with E-state index in [-0.39, 0.29) is 12.4 Å².